The number of aliphatic hydroxyl groups excluding tert-OH is 1. The van der Waals surface area contributed by atoms with Gasteiger partial charge in [0, 0.05) is 12.6 Å². The van der Waals surface area contributed by atoms with E-state index < -0.39 is 6.10 Å². The van der Waals surface area contributed by atoms with Crippen molar-refractivity contribution in [3.63, 3.8) is 0 Å². The number of nitrogens with zero attached hydrogens (tertiary/aromatic N) is 1. The molecule has 0 aliphatic heterocycles. The van der Waals surface area contributed by atoms with E-state index in [0.717, 1.165) is 16.3 Å². The lowest BCUT2D eigenvalue weighted by Crippen LogP contribution is -2.17. The second-order valence-corrected chi connectivity index (χ2v) is 4.81. The van der Waals surface area contributed by atoms with Crippen molar-refractivity contribution in [3.05, 3.63) is 65.7 Å². The van der Waals surface area contributed by atoms with E-state index in [0.29, 0.717) is 11.3 Å². The minimum atomic E-state index is -0.740. The molecule has 0 radical (unpaired) electrons. The Morgan fingerprint density at radius 2 is 2.00 bits per heavy atom. The van der Waals surface area contributed by atoms with E-state index >= 15 is 0 Å². The van der Waals surface area contributed by atoms with Gasteiger partial charge in [-0.25, -0.2) is 4.98 Å². The lowest BCUT2D eigenvalue weighted by Gasteiger charge is -2.10. The van der Waals surface area contributed by atoms with Gasteiger partial charge in [-0.15, -0.1) is 0 Å². The van der Waals surface area contributed by atoms with Crippen molar-refractivity contribution in [2.45, 2.75) is 6.10 Å². The summed E-state index contributed by atoms with van der Waals surface area (Å²) in [5.74, 6) is -0.113. The Morgan fingerprint density at radius 3 is 2.71 bits per heavy atom. The highest BCUT2D eigenvalue weighted by Crippen LogP contribution is 2.24. The van der Waals surface area contributed by atoms with Gasteiger partial charge in [0.05, 0.1) is 18.2 Å². The van der Waals surface area contributed by atoms with Crippen molar-refractivity contribution in [1.29, 1.82) is 0 Å². The topological polar surface area (TPSA) is 78.0 Å². The number of hydrogen-bond donors (Lipinski definition) is 3. The molecule has 21 heavy (non-hydrogen) atoms. The number of benzene rings is 2. The fourth-order valence-electron chi connectivity index (χ4n) is 2.32. The molecule has 2 aromatic carbocycles. The third-order valence-electron chi connectivity index (χ3n) is 3.48. The molecule has 0 fully saturated rings. The van der Waals surface area contributed by atoms with Crippen LogP contribution < -0.4 is 5.32 Å². The maximum Gasteiger partial charge on any atom is 0.251 e. The molecule has 0 bridgehead atoms. The fourth-order valence-corrected chi connectivity index (χ4v) is 2.32. The minimum Gasteiger partial charge on any atom is -0.382 e. The van der Waals surface area contributed by atoms with Crippen LogP contribution in [0, 0.1) is 0 Å². The molecule has 106 valence electrons. The average Bonchev–Trinajstić information content (AvgIpc) is 3.06. The molecule has 0 aliphatic rings. The highest BCUT2D eigenvalue weighted by molar-refractivity contribution is 5.98. The fraction of sp³-hybridized carbons (Fsp3) is 0.125. The van der Waals surface area contributed by atoms with Gasteiger partial charge >= 0.3 is 0 Å². The van der Waals surface area contributed by atoms with Crippen LogP contribution in [0.5, 0.6) is 0 Å². The monoisotopic (exact) mass is 281 g/mol. The number of nitrogens with one attached hydrogen (secondary N) is 2. The second kappa shape index (κ2) is 5.38. The lowest BCUT2D eigenvalue weighted by atomic mass is 10.0. The number of carbonyl (C=O) groups excluding carboxylic acids is 1. The first kappa shape index (κ1) is 13.3. The number of hydrogen-bond acceptors (Lipinski definition) is 3. The molecule has 1 atom stereocenters. The van der Waals surface area contributed by atoms with E-state index in [1.54, 1.807) is 19.3 Å². The normalized spacial score (nSPS) is 12.3. The van der Waals surface area contributed by atoms with Gasteiger partial charge in [-0.05, 0) is 34.5 Å². The zero-order valence-electron chi connectivity index (χ0n) is 11.5. The van der Waals surface area contributed by atoms with E-state index in [1.807, 2.05) is 30.3 Å². The van der Waals surface area contributed by atoms with Gasteiger partial charge in [0.15, 0.2) is 0 Å². The first-order valence-electron chi connectivity index (χ1n) is 6.61. The number of aromatic amines is 1. The Balaban J connectivity index is 1.99. The summed E-state index contributed by atoms with van der Waals surface area (Å²) in [7, 11) is 1.61. The number of fused-ring (bicyclic) bond motifs is 1. The number of amides is 1. The molecule has 0 aliphatic carbocycles. The Labute approximate surface area is 121 Å². The number of H-pyrrole nitrogens is 1. The van der Waals surface area contributed by atoms with Gasteiger partial charge in [-0.2, -0.15) is 0 Å². The Hall–Kier alpha value is -2.66. The van der Waals surface area contributed by atoms with Crippen molar-refractivity contribution in [2.24, 2.45) is 0 Å². The van der Waals surface area contributed by atoms with Gasteiger partial charge in [0.25, 0.3) is 5.91 Å². The first-order valence-corrected chi connectivity index (χ1v) is 6.61. The molecule has 3 aromatic rings. The molecule has 3 N–H and O–H groups in total. The molecule has 1 unspecified atom stereocenters. The molecule has 5 nitrogen and oxygen atoms in total. The number of aromatic nitrogens is 2. The number of aliphatic hydroxyl groups is 1. The third-order valence-corrected chi connectivity index (χ3v) is 3.48. The number of carbonyl (C=O) groups is 1. The molecule has 1 amide bonds. The molecule has 1 heterocycles. The van der Waals surface area contributed by atoms with Crippen molar-refractivity contribution < 1.29 is 9.90 Å². The van der Waals surface area contributed by atoms with Crippen LogP contribution in [0.25, 0.3) is 10.8 Å². The summed E-state index contributed by atoms with van der Waals surface area (Å²) in [6.45, 7) is 0. The first-order chi connectivity index (χ1) is 10.2. The van der Waals surface area contributed by atoms with Gasteiger partial charge in [0.1, 0.15) is 6.10 Å². The highest BCUT2D eigenvalue weighted by atomic mass is 16.3. The number of imidazole rings is 1. The van der Waals surface area contributed by atoms with Gasteiger partial charge in [0.2, 0.25) is 0 Å². The molecular formula is C16H15N3O2. The van der Waals surface area contributed by atoms with Gasteiger partial charge < -0.3 is 15.4 Å². The van der Waals surface area contributed by atoms with Crippen LogP contribution in [-0.4, -0.2) is 28.0 Å². The summed E-state index contributed by atoms with van der Waals surface area (Å²) >= 11 is 0. The largest absolute Gasteiger partial charge is 0.382 e. The third kappa shape index (κ3) is 2.51. The molecule has 0 spiro atoms. The summed E-state index contributed by atoms with van der Waals surface area (Å²) < 4.78 is 0. The van der Waals surface area contributed by atoms with E-state index in [-0.39, 0.29) is 5.91 Å². The molecule has 0 saturated carbocycles. The Morgan fingerprint density at radius 1 is 1.24 bits per heavy atom. The standard InChI is InChI=1S/C16H15N3O2/c1-17-16(21)13-5-3-10-6-12(4-2-11(10)7-13)15(20)14-8-18-9-19-14/h2-9,15,20H,1H3,(H,17,21)(H,18,19). The summed E-state index contributed by atoms with van der Waals surface area (Å²) in [5, 5.41) is 14.8. The number of rotatable bonds is 3. The zero-order valence-corrected chi connectivity index (χ0v) is 11.5. The lowest BCUT2D eigenvalue weighted by molar-refractivity contribution is 0.0963. The van der Waals surface area contributed by atoms with Crippen molar-refractivity contribution >= 4 is 16.7 Å². The molecule has 5 heteroatoms. The van der Waals surface area contributed by atoms with Crippen LogP contribution in [0.4, 0.5) is 0 Å². The maximum atomic E-state index is 11.6. The van der Waals surface area contributed by atoms with Crippen LogP contribution >= 0.6 is 0 Å². The maximum absolute atomic E-state index is 11.6. The summed E-state index contributed by atoms with van der Waals surface area (Å²) in [4.78, 5) is 18.4. The second-order valence-electron chi connectivity index (χ2n) is 4.81. The molecular weight excluding hydrogens is 266 g/mol. The van der Waals surface area contributed by atoms with Gasteiger partial charge in [-0.1, -0.05) is 18.2 Å². The van der Waals surface area contributed by atoms with Crippen LogP contribution in [-0.2, 0) is 0 Å². The minimum absolute atomic E-state index is 0.113. The van der Waals surface area contributed by atoms with Crippen LogP contribution in [0.15, 0.2) is 48.9 Å². The molecule has 3 rings (SSSR count). The SMILES string of the molecule is CNC(=O)c1ccc2cc(C(O)c3cnc[nH]3)ccc2c1. The summed E-state index contributed by atoms with van der Waals surface area (Å²) in [6, 6.07) is 11.1. The predicted molar refractivity (Wildman–Crippen MR) is 80.0 cm³/mol. The van der Waals surface area contributed by atoms with Crippen molar-refractivity contribution in [3.8, 4) is 0 Å². The summed E-state index contributed by atoms with van der Waals surface area (Å²) in [6.07, 6.45) is 2.40. The molecule has 1 aromatic heterocycles. The van der Waals surface area contributed by atoms with Crippen molar-refractivity contribution in [1.82, 2.24) is 15.3 Å². The van der Waals surface area contributed by atoms with Crippen molar-refractivity contribution in [2.75, 3.05) is 7.05 Å². The summed E-state index contributed by atoms with van der Waals surface area (Å²) in [5.41, 5.74) is 2.04. The van der Waals surface area contributed by atoms with E-state index in [4.69, 9.17) is 0 Å². The highest BCUT2D eigenvalue weighted by Gasteiger charge is 2.12. The van der Waals surface area contributed by atoms with Crippen LogP contribution in [0.2, 0.25) is 0 Å². The smallest absolute Gasteiger partial charge is 0.251 e. The van der Waals surface area contributed by atoms with Crippen LogP contribution in [0.1, 0.15) is 27.7 Å². The quantitative estimate of drug-likeness (QED) is 0.687. The van der Waals surface area contributed by atoms with E-state index in [2.05, 4.69) is 15.3 Å². The molecule has 0 saturated heterocycles. The van der Waals surface area contributed by atoms with Crippen LogP contribution in [0.3, 0.4) is 0 Å². The Kier molecular flexibility index (Phi) is 3.41. The average molecular weight is 281 g/mol. The Bertz CT molecular complexity index is 781. The van der Waals surface area contributed by atoms with E-state index in [9.17, 15) is 9.90 Å². The van der Waals surface area contributed by atoms with E-state index in [1.165, 1.54) is 6.33 Å². The zero-order chi connectivity index (χ0) is 14.8. The predicted octanol–water partition coefficient (Wildman–Crippen LogP) is 2.00. The van der Waals surface area contributed by atoms with Gasteiger partial charge in [-0.3, -0.25) is 4.79 Å².